The largest absolute Gasteiger partial charge is 0.497 e. The monoisotopic (exact) mass is 482 g/mol. The number of thioether (sulfide) groups is 1. The second-order valence-corrected chi connectivity index (χ2v) is 8.15. The summed E-state index contributed by atoms with van der Waals surface area (Å²) in [6.45, 7) is 0. The van der Waals surface area contributed by atoms with E-state index in [0.717, 1.165) is 28.7 Å². The summed E-state index contributed by atoms with van der Waals surface area (Å²) in [7, 11) is 1.48. The van der Waals surface area contributed by atoms with Crippen molar-refractivity contribution in [1.82, 2.24) is 9.97 Å². The number of nitriles is 1. The molecule has 4 aromatic rings. The smallest absolute Gasteiger partial charge is 0.417 e. The molecule has 6 nitrogen and oxygen atoms in total. The van der Waals surface area contributed by atoms with E-state index >= 15 is 0 Å². The number of methoxy groups -OCH3 is 1. The standard InChI is InChI=1S/C24H17F3N4O2S/c1-33-17-6-3-14(4-7-17)21-11-19(24(25,26)27)18(12-28)23(31-21)34-13-22(32)30-16-5-2-15-8-9-29-20(15)10-16/h2-11,29H,13H2,1H3,(H,30,32). The number of amides is 1. The molecule has 2 heterocycles. The van der Waals surface area contributed by atoms with Crippen molar-refractivity contribution < 1.29 is 22.7 Å². The summed E-state index contributed by atoms with van der Waals surface area (Å²) in [5.74, 6) is -0.129. The highest BCUT2D eigenvalue weighted by atomic mass is 32.2. The molecule has 0 unspecified atom stereocenters. The van der Waals surface area contributed by atoms with E-state index in [1.54, 1.807) is 48.7 Å². The van der Waals surface area contributed by atoms with Gasteiger partial charge in [0.1, 0.15) is 16.8 Å². The van der Waals surface area contributed by atoms with Crippen molar-refractivity contribution in [2.24, 2.45) is 0 Å². The number of fused-ring (bicyclic) bond motifs is 1. The van der Waals surface area contributed by atoms with Gasteiger partial charge >= 0.3 is 6.18 Å². The zero-order valence-corrected chi connectivity index (χ0v) is 18.6. The van der Waals surface area contributed by atoms with E-state index in [1.165, 1.54) is 7.11 Å². The number of aromatic amines is 1. The van der Waals surface area contributed by atoms with Crippen LogP contribution in [0.1, 0.15) is 11.1 Å². The molecule has 0 aliphatic heterocycles. The van der Waals surface area contributed by atoms with E-state index < -0.39 is 23.2 Å². The van der Waals surface area contributed by atoms with Crippen LogP contribution < -0.4 is 10.1 Å². The number of hydrogen-bond donors (Lipinski definition) is 2. The molecular weight excluding hydrogens is 465 g/mol. The molecule has 0 aliphatic carbocycles. The second kappa shape index (κ2) is 9.49. The van der Waals surface area contributed by atoms with Gasteiger partial charge in [-0.05, 0) is 53.9 Å². The maximum Gasteiger partial charge on any atom is 0.417 e. The van der Waals surface area contributed by atoms with Gasteiger partial charge in [0.05, 0.1) is 29.7 Å². The van der Waals surface area contributed by atoms with E-state index in [9.17, 15) is 23.2 Å². The molecule has 2 aromatic carbocycles. The third kappa shape index (κ3) is 5.00. The van der Waals surface area contributed by atoms with Crippen molar-refractivity contribution in [1.29, 1.82) is 5.26 Å². The number of carbonyl (C=O) groups excluding carboxylic acids is 1. The molecule has 0 saturated heterocycles. The molecule has 4 rings (SSSR count). The number of pyridine rings is 1. The third-order valence-electron chi connectivity index (χ3n) is 4.97. The molecule has 0 fully saturated rings. The Kier molecular flexibility index (Phi) is 6.47. The first-order valence-electron chi connectivity index (χ1n) is 9.95. The molecule has 0 aliphatic rings. The third-order valence-corrected chi connectivity index (χ3v) is 5.94. The van der Waals surface area contributed by atoms with Crippen LogP contribution in [-0.2, 0) is 11.0 Å². The zero-order valence-electron chi connectivity index (χ0n) is 17.7. The van der Waals surface area contributed by atoms with Gasteiger partial charge in [-0.2, -0.15) is 18.4 Å². The van der Waals surface area contributed by atoms with Gasteiger partial charge in [0.2, 0.25) is 5.91 Å². The van der Waals surface area contributed by atoms with Crippen LogP contribution in [0, 0.1) is 11.3 Å². The fourth-order valence-electron chi connectivity index (χ4n) is 3.32. The van der Waals surface area contributed by atoms with Gasteiger partial charge in [0, 0.05) is 23.0 Å². The summed E-state index contributed by atoms with van der Waals surface area (Å²) in [6.07, 6.45) is -2.99. The van der Waals surface area contributed by atoms with Crippen LogP contribution in [0.4, 0.5) is 18.9 Å². The molecule has 1 amide bonds. The number of carbonyl (C=O) groups is 1. The summed E-state index contributed by atoms with van der Waals surface area (Å²) in [6, 6.07) is 16.0. The minimum absolute atomic E-state index is 0.0362. The van der Waals surface area contributed by atoms with Crippen molar-refractivity contribution >= 4 is 34.3 Å². The predicted octanol–water partition coefficient (Wildman–Crippen LogP) is 5.86. The van der Waals surface area contributed by atoms with E-state index in [2.05, 4.69) is 15.3 Å². The Balaban J connectivity index is 1.61. The van der Waals surface area contributed by atoms with E-state index in [0.29, 0.717) is 17.0 Å². The lowest BCUT2D eigenvalue weighted by atomic mass is 10.1. The van der Waals surface area contributed by atoms with Crippen LogP contribution in [0.2, 0.25) is 0 Å². The molecule has 0 atom stereocenters. The minimum atomic E-state index is -4.77. The number of nitrogens with zero attached hydrogens (tertiary/aromatic N) is 2. The minimum Gasteiger partial charge on any atom is -0.497 e. The highest BCUT2D eigenvalue weighted by Crippen LogP contribution is 2.38. The van der Waals surface area contributed by atoms with Crippen molar-refractivity contribution in [3.05, 3.63) is 71.9 Å². The summed E-state index contributed by atoms with van der Waals surface area (Å²) in [5.41, 5.74) is 0.111. The average molecular weight is 482 g/mol. The van der Waals surface area contributed by atoms with Crippen molar-refractivity contribution in [3.8, 4) is 23.1 Å². The van der Waals surface area contributed by atoms with Crippen LogP contribution in [0.25, 0.3) is 22.2 Å². The first-order valence-corrected chi connectivity index (χ1v) is 10.9. The lowest BCUT2D eigenvalue weighted by Gasteiger charge is -2.14. The number of rotatable bonds is 6. The molecule has 0 radical (unpaired) electrons. The number of alkyl halides is 3. The van der Waals surface area contributed by atoms with Gasteiger partial charge in [-0.1, -0.05) is 17.8 Å². The van der Waals surface area contributed by atoms with Crippen LogP contribution in [0.15, 0.2) is 65.8 Å². The van der Waals surface area contributed by atoms with Gasteiger partial charge in [-0.25, -0.2) is 4.98 Å². The van der Waals surface area contributed by atoms with Crippen LogP contribution >= 0.6 is 11.8 Å². The van der Waals surface area contributed by atoms with Gasteiger partial charge < -0.3 is 15.0 Å². The Hall–Kier alpha value is -3.97. The number of halogens is 3. The van der Waals surface area contributed by atoms with Gasteiger partial charge in [0.25, 0.3) is 0 Å². The average Bonchev–Trinajstić information content (AvgIpc) is 3.29. The summed E-state index contributed by atoms with van der Waals surface area (Å²) in [5, 5.41) is 13.0. The van der Waals surface area contributed by atoms with Crippen molar-refractivity contribution in [2.45, 2.75) is 11.2 Å². The second-order valence-electron chi connectivity index (χ2n) is 7.19. The lowest BCUT2D eigenvalue weighted by Crippen LogP contribution is -2.15. The normalized spacial score (nSPS) is 11.3. The predicted molar refractivity (Wildman–Crippen MR) is 124 cm³/mol. The summed E-state index contributed by atoms with van der Waals surface area (Å²) < 4.78 is 46.3. The fraction of sp³-hybridized carbons (Fsp3) is 0.125. The zero-order chi connectivity index (χ0) is 24.3. The fourth-order valence-corrected chi connectivity index (χ4v) is 4.13. The molecule has 34 heavy (non-hydrogen) atoms. The topological polar surface area (TPSA) is 90.8 Å². The maximum atomic E-state index is 13.7. The Morgan fingerprint density at radius 1 is 1.18 bits per heavy atom. The number of nitrogens with one attached hydrogen (secondary N) is 2. The molecular formula is C24H17F3N4O2S. The molecule has 0 bridgehead atoms. The number of H-pyrrole nitrogens is 1. The summed E-state index contributed by atoms with van der Waals surface area (Å²) in [4.78, 5) is 19.8. The molecule has 2 N–H and O–H groups in total. The summed E-state index contributed by atoms with van der Waals surface area (Å²) >= 11 is 0.773. The number of aromatic nitrogens is 2. The quantitative estimate of drug-likeness (QED) is 0.336. The molecule has 10 heteroatoms. The Labute approximate surface area is 196 Å². The number of hydrogen-bond acceptors (Lipinski definition) is 5. The van der Waals surface area contributed by atoms with Gasteiger partial charge in [-0.15, -0.1) is 0 Å². The maximum absolute atomic E-state index is 13.7. The molecule has 0 spiro atoms. The first-order chi connectivity index (χ1) is 16.3. The molecule has 2 aromatic heterocycles. The van der Waals surface area contributed by atoms with E-state index in [-0.39, 0.29) is 16.5 Å². The van der Waals surface area contributed by atoms with Gasteiger partial charge in [0.15, 0.2) is 0 Å². The van der Waals surface area contributed by atoms with Crippen LogP contribution in [-0.4, -0.2) is 28.7 Å². The number of ether oxygens (including phenoxy) is 1. The highest BCUT2D eigenvalue weighted by molar-refractivity contribution is 8.00. The Morgan fingerprint density at radius 3 is 2.62 bits per heavy atom. The Morgan fingerprint density at radius 2 is 1.94 bits per heavy atom. The van der Waals surface area contributed by atoms with Crippen LogP contribution in [0.3, 0.4) is 0 Å². The van der Waals surface area contributed by atoms with Crippen molar-refractivity contribution in [3.63, 3.8) is 0 Å². The van der Waals surface area contributed by atoms with E-state index in [1.807, 2.05) is 12.1 Å². The van der Waals surface area contributed by atoms with E-state index in [4.69, 9.17) is 4.74 Å². The SMILES string of the molecule is COc1ccc(-c2cc(C(F)(F)F)c(C#N)c(SCC(=O)Nc3ccc4cc[nH]c4c3)n2)cc1. The van der Waals surface area contributed by atoms with Crippen molar-refractivity contribution in [2.75, 3.05) is 18.2 Å². The number of benzene rings is 2. The molecule has 0 saturated carbocycles. The lowest BCUT2D eigenvalue weighted by molar-refractivity contribution is -0.138. The Bertz CT molecular complexity index is 1390. The molecule has 172 valence electrons. The first kappa shape index (κ1) is 23.2. The highest BCUT2D eigenvalue weighted by Gasteiger charge is 2.36. The van der Waals surface area contributed by atoms with Crippen LogP contribution in [0.5, 0.6) is 5.75 Å². The number of anilines is 1. The van der Waals surface area contributed by atoms with Gasteiger partial charge in [-0.3, -0.25) is 4.79 Å².